The Labute approximate surface area is 168 Å². The van der Waals surface area contributed by atoms with Crippen LogP contribution in [0.25, 0.3) is 5.76 Å². The van der Waals surface area contributed by atoms with Gasteiger partial charge in [-0.2, -0.15) is 0 Å². The summed E-state index contributed by atoms with van der Waals surface area (Å²) in [7, 11) is 0. The maximum Gasteiger partial charge on any atom is 0.295 e. The van der Waals surface area contributed by atoms with E-state index in [-0.39, 0.29) is 17.4 Å². The number of aryl methyl sites for hydroxylation is 2. The molecule has 1 aromatic heterocycles. The maximum atomic E-state index is 12.9. The summed E-state index contributed by atoms with van der Waals surface area (Å²) >= 11 is 1.50. The average molecular weight is 397 g/mol. The molecule has 0 radical (unpaired) electrons. The second-order valence-corrected chi connectivity index (χ2v) is 8.37. The van der Waals surface area contributed by atoms with E-state index < -0.39 is 17.7 Å². The molecular weight excluding hydrogens is 374 g/mol. The number of thiophene rings is 1. The molecule has 5 nitrogen and oxygen atoms in total. The minimum absolute atomic E-state index is 0.0691. The quantitative estimate of drug-likeness (QED) is 0.482. The van der Waals surface area contributed by atoms with E-state index in [1.54, 1.807) is 17.0 Å². The summed E-state index contributed by atoms with van der Waals surface area (Å²) in [5.41, 5.74) is 2.77. The van der Waals surface area contributed by atoms with E-state index in [0.29, 0.717) is 18.7 Å². The summed E-state index contributed by atoms with van der Waals surface area (Å²) in [4.78, 5) is 28.3. The lowest BCUT2D eigenvalue weighted by atomic mass is 9.98. The fourth-order valence-corrected chi connectivity index (χ4v) is 4.93. The first-order valence-electron chi connectivity index (χ1n) is 9.48. The van der Waals surface area contributed by atoms with E-state index in [4.69, 9.17) is 4.74 Å². The van der Waals surface area contributed by atoms with E-state index in [9.17, 15) is 14.7 Å². The van der Waals surface area contributed by atoms with Crippen LogP contribution in [0, 0.1) is 13.8 Å². The second kappa shape index (κ2) is 7.53. The first-order chi connectivity index (χ1) is 13.5. The van der Waals surface area contributed by atoms with Gasteiger partial charge in [-0.3, -0.25) is 9.59 Å². The van der Waals surface area contributed by atoms with E-state index in [1.807, 2.05) is 37.4 Å². The van der Waals surface area contributed by atoms with Crippen LogP contribution in [0.2, 0.25) is 0 Å². The zero-order valence-corrected chi connectivity index (χ0v) is 16.8. The molecule has 1 aromatic carbocycles. The average Bonchev–Trinajstić information content (AvgIpc) is 3.39. The number of aliphatic hydroxyl groups is 1. The molecule has 3 heterocycles. The number of hydrogen-bond donors (Lipinski definition) is 1. The van der Waals surface area contributed by atoms with Crippen molar-refractivity contribution in [3.63, 3.8) is 0 Å². The molecule has 1 N–H and O–H groups in total. The largest absolute Gasteiger partial charge is 0.507 e. The normalized spacial score (nSPS) is 24.3. The second-order valence-electron chi connectivity index (χ2n) is 7.42. The zero-order valence-electron chi connectivity index (χ0n) is 16.0. The molecule has 2 aliphatic rings. The van der Waals surface area contributed by atoms with Crippen LogP contribution in [0.15, 0.2) is 41.3 Å². The van der Waals surface area contributed by atoms with Gasteiger partial charge in [0, 0.05) is 23.6 Å². The molecule has 0 aliphatic carbocycles. The highest BCUT2D eigenvalue weighted by atomic mass is 32.1. The number of carbonyl (C=O) groups is 2. The summed E-state index contributed by atoms with van der Waals surface area (Å²) in [5.74, 6) is -1.32. The van der Waals surface area contributed by atoms with Crippen LogP contribution in [0.5, 0.6) is 0 Å². The van der Waals surface area contributed by atoms with Crippen molar-refractivity contribution < 1.29 is 19.4 Å². The Morgan fingerprint density at radius 3 is 2.57 bits per heavy atom. The Balaban J connectivity index is 1.82. The molecule has 2 atom stereocenters. The predicted octanol–water partition coefficient (Wildman–Crippen LogP) is 3.97. The number of ether oxygens (including phenoxy) is 1. The van der Waals surface area contributed by atoms with Crippen molar-refractivity contribution in [2.45, 2.75) is 38.8 Å². The molecule has 6 heteroatoms. The molecular formula is C22H23NO4S. The lowest BCUT2D eigenvalue weighted by molar-refractivity contribution is -0.140. The molecule has 0 saturated carbocycles. The van der Waals surface area contributed by atoms with Crippen LogP contribution in [-0.2, 0) is 14.3 Å². The van der Waals surface area contributed by atoms with Gasteiger partial charge in [0.05, 0.1) is 17.7 Å². The molecule has 2 saturated heterocycles. The number of rotatable bonds is 4. The van der Waals surface area contributed by atoms with Crippen LogP contribution >= 0.6 is 11.3 Å². The summed E-state index contributed by atoms with van der Waals surface area (Å²) in [6.07, 6.45) is 1.76. The first kappa shape index (κ1) is 18.9. The standard InChI is InChI=1S/C22H23NO4S/c1-13-5-7-15(8-6-13)19(24)17-18(21-14(2)9-11-28-21)23(22(26)20(17)25)12-16-4-3-10-27-16/h5-9,11,16,18,24H,3-4,10,12H2,1-2H3. The van der Waals surface area contributed by atoms with Gasteiger partial charge in [0.25, 0.3) is 11.7 Å². The molecule has 2 aromatic rings. The SMILES string of the molecule is Cc1ccc(C(O)=C2C(=O)C(=O)N(CC3CCCO3)C2c2sccc2C)cc1. The number of amides is 1. The van der Waals surface area contributed by atoms with Gasteiger partial charge in [-0.25, -0.2) is 0 Å². The van der Waals surface area contributed by atoms with Crippen molar-refractivity contribution in [1.82, 2.24) is 4.90 Å². The monoisotopic (exact) mass is 397 g/mol. The van der Waals surface area contributed by atoms with Crippen LogP contribution in [0.3, 0.4) is 0 Å². The zero-order chi connectivity index (χ0) is 19.8. The number of benzene rings is 1. The van der Waals surface area contributed by atoms with E-state index in [0.717, 1.165) is 28.8 Å². The first-order valence-corrected chi connectivity index (χ1v) is 10.4. The van der Waals surface area contributed by atoms with Gasteiger partial charge in [-0.05, 0) is 43.7 Å². The molecule has 4 rings (SSSR count). The number of Topliss-reactive ketones (excluding diaryl/α,β-unsaturated/α-hetero) is 1. The number of ketones is 1. The molecule has 2 fully saturated rings. The number of nitrogens with zero attached hydrogens (tertiary/aromatic N) is 1. The van der Waals surface area contributed by atoms with Gasteiger partial charge in [-0.15, -0.1) is 11.3 Å². The Bertz CT molecular complexity index is 938. The highest BCUT2D eigenvalue weighted by Gasteiger charge is 2.47. The Morgan fingerprint density at radius 1 is 1.21 bits per heavy atom. The smallest absolute Gasteiger partial charge is 0.295 e. The maximum absolute atomic E-state index is 12.9. The lowest BCUT2D eigenvalue weighted by Gasteiger charge is -2.27. The fourth-order valence-electron chi connectivity index (χ4n) is 3.88. The number of aliphatic hydroxyl groups excluding tert-OH is 1. The van der Waals surface area contributed by atoms with Gasteiger partial charge in [-0.1, -0.05) is 29.8 Å². The van der Waals surface area contributed by atoms with Crippen LogP contribution in [0.4, 0.5) is 0 Å². The fraction of sp³-hybridized carbons (Fsp3) is 0.364. The third-order valence-corrected chi connectivity index (χ3v) is 6.51. The third kappa shape index (κ3) is 3.27. The number of carbonyl (C=O) groups excluding carboxylic acids is 2. The molecule has 0 bridgehead atoms. The Kier molecular flexibility index (Phi) is 5.08. The molecule has 0 spiro atoms. The highest BCUT2D eigenvalue weighted by Crippen LogP contribution is 2.43. The highest BCUT2D eigenvalue weighted by molar-refractivity contribution is 7.10. The minimum atomic E-state index is -0.631. The summed E-state index contributed by atoms with van der Waals surface area (Å²) in [6.45, 7) is 4.96. The van der Waals surface area contributed by atoms with Gasteiger partial charge >= 0.3 is 0 Å². The molecule has 2 aliphatic heterocycles. The lowest BCUT2D eigenvalue weighted by Crippen LogP contribution is -2.36. The van der Waals surface area contributed by atoms with Crippen molar-refractivity contribution in [1.29, 1.82) is 0 Å². The van der Waals surface area contributed by atoms with Crippen LogP contribution < -0.4 is 0 Å². The molecule has 2 unspecified atom stereocenters. The van der Waals surface area contributed by atoms with Gasteiger partial charge in [0.2, 0.25) is 0 Å². The van der Waals surface area contributed by atoms with E-state index in [1.165, 1.54) is 11.3 Å². The summed E-state index contributed by atoms with van der Waals surface area (Å²) in [5, 5.41) is 12.9. The van der Waals surface area contributed by atoms with Gasteiger partial charge < -0.3 is 14.7 Å². The summed E-state index contributed by atoms with van der Waals surface area (Å²) < 4.78 is 5.71. The third-order valence-electron chi connectivity index (χ3n) is 5.44. The molecule has 146 valence electrons. The summed E-state index contributed by atoms with van der Waals surface area (Å²) in [6, 6.07) is 8.70. The van der Waals surface area contributed by atoms with E-state index in [2.05, 4.69) is 0 Å². The topological polar surface area (TPSA) is 66.8 Å². The minimum Gasteiger partial charge on any atom is -0.507 e. The molecule has 28 heavy (non-hydrogen) atoms. The van der Waals surface area contributed by atoms with Crippen LogP contribution in [-0.4, -0.2) is 41.0 Å². The van der Waals surface area contributed by atoms with Crippen molar-refractivity contribution in [3.8, 4) is 0 Å². The predicted molar refractivity (Wildman–Crippen MR) is 108 cm³/mol. The Hall–Kier alpha value is -2.44. The molecule has 1 amide bonds. The van der Waals surface area contributed by atoms with Crippen molar-refractivity contribution in [2.24, 2.45) is 0 Å². The van der Waals surface area contributed by atoms with Gasteiger partial charge in [0.1, 0.15) is 5.76 Å². The van der Waals surface area contributed by atoms with E-state index >= 15 is 0 Å². The van der Waals surface area contributed by atoms with Crippen molar-refractivity contribution >= 4 is 28.8 Å². The van der Waals surface area contributed by atoms with Crippen LogP contribution in [0.1, 0.15) is 40.5 Å². The van der Waals surface area contributed by atoms with Crippen molar-refractivity contribution in [2.75, 3.05) is 13.2 Å². The van der Waals surface area contributed by atoms with Gasteiger partial charge in [0.15, 0.2) is 0 Å². The number of likely N-dealkylation sites (tertiary alicyclic amines) is 1. The Morgan fingerprint density at radius 2 is 1.96 bits per heavy atom. The van der Waals surface area contributed by atoms with Crippen molar-refractivity contribution in [3.05, 3.63) is 62.9 Å². The number of hydrogen-bond acceptors (Lipinski definition) is 5.